The average Bonchev–Trinajstić information content (AvgIpc) is 2.94. The van der Waals surface area contributed by atoms with Crippen molar-refractivity contribution >= 4 is 0 Å². The van der Waals surface area contributed by atoms with Crippen molar-refractivity contribution in [2.24, 2.45) is 0 Å². The van der Waals surface area contributed by atoms with E-state index in [1.165, 1.54) is 19.2 Å². The van der Waals surface area contributed by atoms with Crippen molar-refractivity contribution in [3.05, 3.63) is 29.3 Å². The van der Waals surface area contributed by atoms with Crippen LogP contribution >= 0.6 is 0 Å². The minimum atomic E-state index is -0.575. The molecule has 1 aliphatic rings. The van der Waals surface area contributed by atoms with Crippen molar-refractivity contribution in [3.8, 4) is 5.75 Å². The maximum absolute atomic E-state index is 14.0. The van der Waals surface area contributed by atoms with Crippen LogP contribution in [0.25, 0.3) is 0 Å². The lowest BCUT2D eigenvalue weighted by molar-refractivity contribution is 0.0996. The third-order valence-electron chi connectivity index (χ3n) is 3.79. The fourth-order valence-electron chi connectivity index (χ4n) is 2.67. The van der Waals surface area contributed by atoms with Gasteiger partial charge in [0.25, 0.3) is 0 Å². The number of benzene rings is 1. The van der Waals surface area contributed by atoms with Crippen molar-refractivity contribution in [3.63, 3.8) is 0 Å². The summed E-state index contributed by atoms with van der Waals surface area (Å²) in [6.07, 6.45) is 3.76. The topological polar surface area (TPSA) is 30.5 Å². The molecule has 0 saturated carbocycles. The molecule has 5 heteroatoms. The molecular formula is C15H21F2NO2. The van der Waals surface area contributed by atoms with Crippen LogP contribution in [0.4, 0.5) is 8.78 Å². The zero-order valence-corrected chi connectivity index (χ0v) is 11.9. The summed E-state index contributed by atoms with van der Waals surface area (Å²) in [6.45, 7) is 0.792. The van der Waals surface area contributed by atoms with Crippen LogP contribution in [0.2, 0.25) is 0 Å². The van der Waals surface area contributed by atoms with E-state index in [-0.39, 0.29) is 23.5 Å². The highest BCUT2D eigenvalue weighted by atomic mass is 19.1. The molecule has 0 aliphatic carbocycles. The van der Waals surface area contributed by atoms with Crippen LogP contribution in [-0.4, -0.2) is 26.9 Å². The summed E-state index contributed by atoms with van der Waals surface area (Å²) in [5, 5.41) is 2.99. The summed E-state index contributed by atoms with van der Waals surface area (Å²) in [6, 6.07) is 2.08. The maximum Gasteiger partial charge on any atom is 0.134 e. The Morgan fingerprint density at radius 1 is 1.40 bits per heavy atom. The molecule has 1 aliphatic heterocycles. The molecule has 1 aromatic carbocycles. The van der Waals surface area contributed by atoms with Gasteiger partial charge in [-0.25, -0.2) is 8.78 Å². The van der Waals surface area contributed by atoms with E-state index >= 15 is 0 Å². The fraction of sp³-hybridized carbons (Fsp3) is 0.600. The van der Waals surface area contributed by atoms with Gasteiger partial charge in [-0.1, -0.05) is 0 Å². The minimum Gasteiger partial charge on any atom is -0.497 e. The van der Waals surface area contributed by atoms with E-state index in [1.807, 2.05) is 0 Å². The first kappa shape index (κ1) is 15.2. The number of halogens is 2. The molecule has 0 radical (unpaired) electrons. The third-order valence-corrected chi connectivity index (χ3v) is 3.79. The standard InChI is InChI=1S/C15H21F2NO2/c1-18-14(6-5-10-4-3-7-20-10)15-12(16)8-11(19-2)9-13(15)17/h8-10,14,18H,3-7H2,1-2H3. The van der Waals surface area contributed by atoms with E-state index in [2.05, 4.69) is 5.32 Å². The number of ether oxygens (including phenoxy) is 2. The van der Waals surface area contributed by atoms with E-state index in [0.29, 0.717) is 6.42 Å². The normalized spacial score (nSPS) is 20.1. The quantitative estimate of drug-likeness (QED) is 0.870. The van der Waals surface area contributed by atoms with E-state index < -0.39 is 11.6 Å². The Kier molecular flexibility index (Phi) is 5.31. The predicted molar refractivity (Wildman–Crippen MR) is 72.9 cm³/mol. The fourth-order valence-corrected chi connectivity index (χ4v) is 2.67. The van der Waals surface area contributed by atoms with Crippen LogP contribution in [0.5, 0.6) is 5.75 Å². The molecule has 2 unspecified atom stereocenters. The molecule has 0 aromatic heterocycles. The molecule has 1 saturated heterocycles. The first-order chi connectivity index (χ1) is 9.65. The van der Waals surface area contributed by atoms with Gasteiger partial charge in [0.15, 0.2) is 0 Å². The highest BCUT2D eigenvalue weighted by molar-refractivity contribution is 5.32. The summed E-state index contributed by atoms with van der Waals surface area (Å²) in [4.78, 5) is 0. The first-order valence-electron chi connectivity index (χ1n) is 6.97. The van der Waals surface area contributed by atoms with E-state index in [9.17, 15) is 8.78 Å². The summed E-state index contributed by atoms with van der Waals surface area (Å²) < 4.78 is 38.5. The summed E-state index contributed by atoms with van der Waals surface area (Å²) in [5.74, 6) is -0.959. The molecule has 1 heterocycles. The summed E-state index contributed by atoms with van der Waals surface area (Å²) in [5.41, 5.74) is 0.0753. The van der Waals surface area contributed by atoms with E-state index in [1.54, 1.807) is 7.05 Å². The largest absolute Gasteiger partial charge is 0.497 e. The smallest absolute Gasteiger partial charge is 0.134 e. The summed E-state index contributed by atoms with van der Waals surface area (Å²) in [7, 11) is 3.10. The Labute approximate surface area is 118 Å². The minimum absolute atomic E-state index is 0.0753. The second kappa shape index (κ2) is 6.99. The second-order valence-electron chi connectivity index (χ2n) is 5.06. The van der Waals surface area contributed by atoms with Crippen LogP contribution in [-0.2, 0) is 4.74 Å². The Hall–Kier alpha value is -1.20. The number of hydrogen-bond donors (Lipinski definition) is 1. The van der Waals surface area contributed by atoms with Crippen LogP contribution in [0.1, 0.15) is 37.3 Å². The Morgan fingerprint density at radius 3 is 2.60 bits per heavy atom. The molecule has 1 aromatic rings. The van der Waals surface area contributed by atoms with Gasteiger partial charge in [0, 0.05) is 30.3 Å². The molecule has 0 amide bonds. The predicted octanol–water partition coefficient (Wildman–Crippen LogP) is 3.19. The third kappa shape index (κ3) is 3.46. The SMILES string of the molecule is CNC(CCC1CCCO1)c1c(F)cc(OC)cc1F. The van der Waals surface area contributed by atoms with Crippen molar-refractivity contribution in [2.45, 2.75) is 37.8 Å². The first-order valence-corrected chi connectivity index (χ1v) is 6.97. The van der Waals surface area contributed by atoms with Crippen molar-refractivity contribution in [1.29, 1.82) is 0 Å². The lowest BCUT2D eigenvalue weighted by atomic mass is 9.98. The second-order valence-corrected chi connectivity index (χ2v) is 5.06. The Morgan fingerprint density at radius 2 is 2.10 bits per heavy atom. The lowest BCUT2D eigenvalue weighted by Crippen LogP contribution is -2.21. The van der Waals surface area contributed by atoms with Gasteiger partial charge < -0.3 is 14.8 Å². The monoisotopic (exact) mass is 285 g/mol. The van der Waals surface area contributed by atoms with Crippen LogP contribution in [0.15, 0.2) is 12.1 Å². The average molecular weight is 285 g/mol. The molecule has 20 heavy (non-hydrogen) atoms. The number of hydrogen-bond acceptors (Lipinski definition) is 3. The van der Waals surface area contributed by atoms with Crippen molar-refractivity contribution in [1.82, 2.24) is 5.32 Å². The van der Waals surface area contributed by atoms with Gasteiger partial charge in [-0.3, -0.25) is 0 Å². The zero-order valence-electron chi connectivity index (χ0n) is 11.9. The highest BCUT2D eigenvalue weighted by Gasteiger charge is 2.23. The highest BCUT2D eigenvalue weighted by Crippen LogP contribution is 2.29. The van der Waals surface area contributed by atoms with Gasteiger partial charge in [0.05, 0.1) is 13.2 Å². The van der Waals surface area contributed by atoms with E-state index in [4.69, 9.17) is 9.47 Å². The molecule has 3 nitrogen and oxygen atoms in total. The number of methoxy groups -OCH3 is 1. The molecule has 1 fully saturated rings. The molecular weight excluding hydrogens is 264 g/mol. The van der Waals surface area contributed by atoms with Crippen LogP contribution in [0.3, 0.4) is 0 Å². The Balaban J connectivity index is 2.09. The van der Waals surface area contributed by atoms with Gasteiger partial charge in [0.1, 0.15) is 17.4 Å². The van der Waals surface area contributed by atoms with Crippen molar-refractivity contribution in [2.75, 3.05) is 20.8 Å². The summed E-state index contributed by atoms with van der Waals surface area (Å²) >= 11 is 0. The van der Waals surface area contributed by atoms with Gasteiger partial charge in [0.2, 0.25) is 0 Å². The van der Waals surface area contributed by atoms with Crippen molar-refractivity contribution < 1.29 is 18.3 Å². The van der Waals surface area contributed by atoms with Crippen LogP contribution in [0, 0.1) is 11.6 Å². The lowest BCUT2D eigenvalue weighted by Gasteiger charge is -2.20. The zero-order chi connectivity index (χ0) is 14.5. The van der Waals surface area contributed by atoms with Crippen LogP contribution < -0.4 is 10.1 Å². The molecule has 2 atom stereocenters. The molecule has 0 spiro atoms. The Bertz CT molecular complexity index is 424. The van der Waals surface area contributed by atoms with E-state index in [0.717, 1.165) is 25.9 Å². The maximum atomic E-state index is 14.0. The molecule has 1 N–H and O–H groups in total. The van der Waals surface area contributed by atoms with Gasteiger partial charge in [-0.15, -0.1) is 0 Å². The number of nitrogens with one attached hydrogen (secondary N) is 1. The molecule has 2 rings (SSSR count). The number of rotatable bonds is 6. The van der Waals surface area contributed by atoms with Gasteiger partial charge in [-0.2, -0.15) is 0 Å². The molecule has 0 bridgehead atoms. The molecule has 112 valence electrons. The van der Waals surface area contributed by atoms with Gasteiger partial charge >= 0.3 is 0 Å². The van der Waals surface area contributed by atoms with Gasteiger partial charge in [-0.05, 0) is 32.7 Å².